The van der Waals surface area contributed by atoms with Crippen LogP contribution in [0.3, 0.4) is 0 Å². The van der Waals surface area contributed by atoms with Crippen LogP contribution in [-0.4, -0.2) is 9.55 Å². The van der Waals surface area contributed by atoms with Crippen LogP contribution in [0.5, 0.6) is 0 Å². The zero-order valence-corrected chi connectivity index (χ0v) is 11.9. The maximum atomic E-state index is 11.6. The van der Waals surface area contributed by atoms with Gasteiger partial charge in [0.2, 0.25) is 0 Å². The van der Waals surface area contributed by atoms with Crippen molar-refractivity contribution in [3.63, 3.8) is 0 Å². The minimum Gasteiger partial charge on any atom is -0.380 e. The van der Waals surface area contributed by atoms with Crippen molar-refractivity contribution < 1.29 is 0 Å². The molecule has 0 saturated carbocycles. The molecular formula is C17H17N3O. The van der Waals surface area contributed by atoms with E-state index >= 15 is 0 Å². The third kappa shape index (κ3) is 2.94. The average Bonchev–Trinajstić information content (AvgIpc) is 2.54. The number of nitrogens with one attached hydrogen (secondary N) is 1. The molecule has 3 rings (SSSR count). The summed E-state index contributed by atoms with van der Waals surface area (Å²) in [5, 5.41) is 4.48. The number of rotatable bonds is 4. The first-order valence-electron chi connectivity index (χ1n) is 7.04. The molecular weight excluding hydrogens is 262 g/mol. The number of aryl methyl sites for hydroxylation is 1. The van der Waals surface area contributed by atoms with E-state index in [-0.39, 0.29) is 5.56 Å². The molecule has 1 aromatic carbocycles. The number of anilines is 1. The molecule has 21 heavy (non-hydrogen) atoms. The number of aromatic nitrogens is 2. The Bertz CT molecular complexity index is 823. The second-order valence-electron chi connectivity index (χ2n) is 4.93. The van der Waals surface area contributed by atoms with E-state index in [1.54, 1.807) is 16.8 Å². The zero-order chi connectivity index (χ0) is 14.7. The van der Waals surface area contributed by atoms with Crippen molar-refractivity contribution in [3.8, 4) is 0 Å². The van der Waals surface area contributed by atoms with Gasteiger partial charge in [0.25, 0.3) is 5.56 Å². The Kier molecular flexibility index (Phi) is 3.69. The minimum absolute atomic E-state index is 0.0276. The number of fused-ring (bicyclic) bond motifs is 1. The number of pyridine rings is 2. The third-order valence-corrected chi connectivity index (χ3v) is 3.49. The lowest BCUT2D eigenvalue weighted by Gasteiger charge is -2.09. The summed E-state index contributed by atoms with van der Waals surface area (Å²) in [6.45, 7) is 3.35. The summed E-state index contributed by atoms with van der Waals surface area (Å²) >= 11 is 0. The van der Waals surface area contributed by atoms with Gasteiger partial charge in [0.05, 0.1) is 11.2 Å². The molecule has 2 heterocycles. The van der Waals surface area contributed by atoms with Crippen molar-refractivity contribution >= 4 is 16.6 Å². The Morgan fingerprint density at radius 2 is 2.10 bits per heavy atom. The lowest BCUT2D eigenvalue weighted by Crippen LogP contribution is -2.17. The van der Waals surface area contributed by atoms with Gasteiger partial charge in [-0.1, -0.05) is 12.1 Å². The normalized spacial score (nSPS) is 10.7. The smallest absolute Gasteiger partial charge is 0.250 e. The van der Waals surface area contributed by atoms with Gasteiger partial charge in [0, 0.05) is 36.9 Å². The first kappa shape index (κ1) is 13.4. The minimum atomic E-state index is 0.0276. The Labute approximate surface area is 123 Å². The second kappa shape index (κ2) is 5.79. The van der Waals surface area contributed by atoms with Gasteiger partial charge in [-0.25, -0.2) is 0 Å². The van der Waals surface area contributed by atoms with Crippen LogP contribution in [0.15, 0.2) is 59.7 Å². The van der Waals surface area contributed by atoms with Crippen molar-refractivity contribution in [2.24, 2.45) is 0 Å². The highest BCUT2D eigenvalue weighted by Crippen LogP contribution is 2.14. The standard InChI is InChI=1S/C17H17N3O/c1-2-20-12-15(6-8-17(20)21)19-11-13-5-7-16-14(10-13)4-3-9-18-16/h3-10,12,19H,2,11H2,1H3. The van der Waals surface area contributed by atoms with Crippen molar-refractivity contribution in [2.75, 3.05) is 5.32 Å². The second-order valence-corrected chi connectivity index (χ2v) is 4.93. The molecule has 0 spiro atoms. The highest BCUT2D eigenvalue weighted by molar-refractivity contribution is 5.78. The molecule has 106 valence electrons. The van der Waals surface area contributed by atoms with Gasteiger partial charge in [-0.3, -0.25) is 9.78 Å². The summed E-state index contributed by atoms with van der Waals surface area (Å²) in [7, 11) is 0. The van der Waals surface area contributed by atoms with E-state index in [9.17, 15) is 4.79 Å². The Morgan fingerprint density at radius 1 is 1.19 bits per heavy atom. The molecule has 0 aliphatic rings. The fourth-order valence-corrected chi connectivity index (χ4v) is 2.32. The maximum Gasteiger partial charge on any atom is 0.250 e. The molecule has 2 aromatic heterocycles. The Morgan fingerprint density at radius 3 is 2.95 bits per heavy atom. The molecule has 3 aromatic rings. The maximum absolute atomic E-state index is 11.6. The van der Waals surface area contributed by atoms with Crippen LogP contribution in [0.2, 0.25) is 0 Å². The topological polar surface area (TPSA) is 46.9 Å². The number of nitrogens with zero attached hydrogens (tertiary/aromatic N) is 2. The first-order valence-corrected chi connectivity index (χ1v) is 7.04. The monoisotopic (exact) mass is 279 g/mol. The van der Waals surface area contributed by atoms with Crippen LogP contribution in [0.1, 0.15) is 12.5 Å². The molecule has 0 aliphatic carbocycles. The van der Waals surface area contributed by atoms with Crippen molar-refractivity contribution in [2.45, 2.75) is 20.0 Å². The third-order valence-electron chi connectivity index (χ3n) is 3.49. The van der Waals surface area contributed by atoms with Crippen LogP contribution in [0.4, 0.5) is 5.69 Å². The number of hydrogen-bond donors (Lipinski definition) is 1. The molecule has 0 unspecified atom stereocenters. The fraction of sp³-hybridized carbons (Fsp3) is 0.176. The van der Waals surface area contributed by atoms with Crippen molar-refractivity contribution in [1.29, 1.82) is 0 Å². The summed E-state index contributed by atoms with van der Waals surface area (Å²) in [5.41, 5.74) is 3.16. The molecule has 0 atom stereocenters. The van der Waals surface area contributed by atoms with Gasteiger partial charge < -0.3 is 9.88 Å². The summed E-state index contributed by atoms with van der Waals surface area (Å²) in [6, 6.07) is 13.6. The van der Waals surface area contributed by atoms with Crippen LogP contribution in [-0.2, 0) is 13.1 Å². The van der Waals surface area contributed by atoms with Gasteiger partial charge in [-0.05, 0) is 36.8 Å². The van der Waals surface area contributed by atoms with Crippen LogP contribution >= 0.6 is 0 Å². The molecule has 0 bridgehead atoms. The van der Waals surface area contributed by atoms with Gasteiger partial charge in [-0.15, -0.1) is 0 Å². The van der Waals surface area contributed by atoms with E-state index in [1.165, 1.54) is 5.56 Å². The highest BCUT2D eigenvalue weighted by atomic mass is 16.1. The molecule has 4 heteroatoms. The van der Waals surface area contributed by atoms with E-state index in [2.05, 4.69) is 28.5 Å². The molecule has 0 radical (unpaired) electrons. The van der Waals surface area contributed by atoms with Crippen LogP contribution < -0.4 is 10.9 Å². The molecule has 1 N–H and O–H groups in total. The number of benzene rings is 1. The Balaban J connectivity index is 1.78. The lowest BCUT2D eigenvalue weighted by molar-refractivity contribution is 0.727. The Hall–Kier alpha value is -2.62. The van der Waals surface area contributed by atoms with E-state index in [4.69, 9.17) is 0 Å². The van der Waals surface area contributed by atoms with E-state index in [0.29, 0.717) is 13.1 Å². The van der Waals surface area contributed by atoms with E-state index in [0.717, 1.165) is 16.6 Å². The van der Waals surface area contributed by atoms with Crippen LogP contribution in [0.25, 0.3) is 10.9 Å². The molecule has 0 saturated heterocycles. The summed E-state index contributed by atoms with van der Waals surface area (Å²) in [5.74, 6) is 0. The lowest BCUT2D eigenvalue weighted by atomic mass is 10.1. The fourth-order valence-electron chi connectivity index (χ4n) is 2.32. The zero-order valence-electron chi connectivity index (χ0n) is 11.9. The van der Waals surface area contributed by atoms with Gasteiger partial charge in [-0.2, -0.15) is 0 Å². The summed E-state index contributed by atoms with van der Waals surface area (Å²) in [6.07, 6.45) is 3.65. The molecule has 4 nitrogen and oxygen atoms in total. The quantitative estimate of drug-likeness (QED) is 0.798. The van der Waals surface area contributed by atoms with Crippen LogP contribution in [0, 0.1) is 0 Å². The van der Waals surface area contributed by atoms with E-state index < -0.39 is 0 Å². The van der Waals surface area contributed by atoms with Crippen molar-refractivity contribution in [1.82, 2.24) is 9.55 Å². The molecule has 0 fully saturated rings. The van der Waals surface area contributed by atoms with Gasteiger partial charge in [0.15, 0.2) is 0 Å². The average molecular weight is 279 g/mol. The summed E-state index contributed by atoms with van der Waals surface area (Å²) in [4.78, 5) is 15.9. The number of hydrogen-bond acceptors (Lipinski definition) is 3. The predicted octanol–water partition coefficient (Wildman–Crippen LogP) is 3.03. The predicted molar refractivity (Wildman–Crippen MR) is 85.4 cm³/mol. The van der Waals surface area contributed by atoms with Gasteiger partial charge in [0.1, 0.15) is 0 Å². The highest BCUT2D eigenvalue weighted by Gasteiger charge is 1.99. The van der Waals surface area contributed by atoms with Gasteiger partial charge >= 0.3 is 0 Å². The first-order chi connectivity index (χ1) is 10.3. The largest absolute Gasteiger partial charge is 0.380 e. The summed E-state index contributed by atoms with van der Waals surface area (Å²) < 4.78 is 1.69. The molecule has 0 aliphatic heterocycles. The van der Waals surface area contributed by atoms with E-state index in [1.807, 2.05) is 31.3 Å². The van der Waals surface area contributed by atoms with Crippen molar-refractivity contribution in [3.05, 3.63) is 70.8 Å². The SMILES string of the molecule is CCn1cc(NCc2ccc3ncccc3c2)ccc1=O. The molecule has 0 amide bonds.